The number of nitrogens with zero attached hydrogens (tertiary/aromatic N) is 1. The molecule has 0 aromatic heterocycles. The Bertz CT molecular complexity index is 1490. The number of benzene rings is 4. The summed E-state index contributed by atoms with van der Waals surface area (Å²) in [6.45, 7) is 3.87. The van der Waals surface area contributed by atoms with Crippen LogP contribution >= 0.6 is 0 Å². The topological polar surface area (TPSA) is 75.7 Å². The van der Waals surface area contributed by atoms with Crippen molar-refractivity contribution >= 4 is 17.8 Å². The second kappa shape index (κ2) is 12.2. The van der Waals surface area contributed by atoms with Gasteiger partial charge in [-0.3, -0.25) is 14.4 Å². The minimum atomic E-state index is -0.980. The minimum absolute atomic E-state index is 0.316. The number of ether oxygens (including phenoxy) is 1. The molecule has 1 aliphatic heterocycles. The fraction of sp³-hybridized carbons (Fsp3) is 0.229. The van der Waals surface area contributed by atoms with Gasteiger partial charge in [0.25, 0.3) is 5.91 Å². The Morgan fingerprint density at radius 1 is 0.756 bits per heavy atom. The molecule has 1 aliphatic rings. The quantitative estimate of drug-likeness (QED) is 0.288. The monoisotopic (exact) mass is 546 g/mol. The smallest absolute Gasteiger partial charge is 0.311 e. The van der Waals surface area contributed by atoms with Crippen molar-refractivity contribution < 1.29 is 19.1 Å². The first-order chi connectivity index (χ1) is 19.9. The van der Waals surface area contributed by atoms with Gasteiger partial charge in [-0.15, -0.1) is 0 Å². The molecule has 1 N–H and O–H groups in total. The van der Waals surface area contributed by atoms with Crippen LogP contribution in [0.15, 0.2) is 115 Å². The molecule has 6 heteroatoms. The van der Waals surface area contributed by atoms with E-state index >= 15 is 0 Å². The maximum Gasteiger partial charge on any atom is 0.311 e. The number of nitrogens with one attached hydrogen (secondary N) is 1. The molecule has 208 valence electrons. The molecular weight excluding hydrogens is 512 g/mol. The Kier molecular flexibility index (Phi) is 8.29. The van der Waals surface area contributed by atoms with Crippen LogP contribution in [-0.4, -0.2) is 35.8 Å². The standard InChI is InChI=1S/C35H34N2O4/c1-23-19-21-28(22-20-23)34(39)37-31(27-17-11-6-12-18-27)30(35(40)41-3)29(26-15-9-5-10-16-26)32(37)33(38)36-24(2)25-13-7-4-8-14-25/h4-22,24,29-32H,1-3H3,(H,36,38). The predicted octanol–water partition coefficient (Wildman–Crippen LogP) is 6.01. The Labute approximate surface area is 241 Å². The van der Waals surface area contributed by atoms with Crippen LogP contribution in [-0.2, 0) is 14.3 Å². The van der Waals surface area contributed by atoms with Gasteiger partial charge >= 0.3 is 5.97 Å². The summed E-state index contributed by atoms with van der Waals surface area (Å²) >= 11 is 0. The molecule has 6 nitrogen and oxygen atoms in total. The van der Waals surface area contributed by atoms with Crippen molar-refractivity contribution in [2.24, 2.45) is 5.92 Å². The van der Waals surface area contributed by atoms with E-state index in [9.17, 15) is 14.4 Å². The number of amides is 2. The molecule has 0 aliphatic carbocycles. The summed E-state index contributed by atoms with van der Waals surface area (Å²) < 4.78 is 5.36. The largest absolute Gasteiger partial charge is 0.469 e. The Morgan fingerprint density at radius 2 is 1.29 bits per heavy atom. The number of rotatable bonds is 7. The van der Waals surface area contributed by atoms with Gasteiger partial charge in [0.2, 0.25) is 5.91 Å². The van der Waals surface area contributed by atoms with E-state index in [0.29, 0.717) is 5.56 Å². The van der Waals surface area contributed by atoms with Gasteiger partial charge in [-0.05, 0) is 42.7 Å². The van der Waals surface area contributed by atoms with Crippen LogP contribution in [0.25, 0.3) is 0 Å². The lowest BCUT2D eigenvalue weighted by molar-refractivity contribution is -0.146. The van der Waals surface area contributed by atoms with Gasteiger partial charge in [0.1, 0.15) is 6.04 Å². The van der Waals surface area contributed by atoms with E-state index in [4.69, 9.17) is 4.74 Å². The van der Waals surface area contributed by atoms with E-state index in [2.05, 4.69) is 5.32 Å². The summed E-state index contributed by atoms with van der Waals surface area (Å²) in [5.41, 5.74) is 3.95. The first kappa shape index (κ1) is 27.8. The third-order valence-electron chi connectivity index (χ3n) is 7.93. The maximum atomic E-state index is 14.4. The molecule has 5 atom stereocenters. The number of hydrogen-bond donors (Lipinski definition) is 1. The van der Waals surface area contributed by atoms with Gasteiger partial charge in [-0.25, -0.2) is 0 Å². The third-order valence-corrected chi connectivity index (χ3v) is 7.93. The lowest BCUT2D eigenvalue weighted by Gasteiger charge is -2.32. The van der Waals surface area contributed by atoms with Crippen molar-refractivity contribution in [3.63, 3.8) is 0 Å². The zero-order valence-electron chi connectivity index (χ0n) is 23.4. The fourth-order valence-electron chi connectivity index (χ4n) is 5.92. The van der Waals surface area contributed by atoms with Gasteiger partial charge in [0.15, 0.2) is 0 Å². The highest BCUT2D eigenvalue weighted by atomic mass is 16.5. The zero-order valence-corrected chi connectivity index (χ0v) is 23.4. The number of esters is 1. The fourth-order valence-corrected chi connectivity index (χ4v) is 5.92. The van der Waals surface area contributed by atoms with Crippen LogP contribution in [0.1, 0.15) is 57.5 Å². The number of hydrogen-bond acceptors (Lipinski definition) is 4. The van der Waals surface area contributed by atoms with Crippen molar-refractivity contribution in [1.29, 1.82) is 0 Å². The minimum Gasteiger partial charge on any atom is -0.469 e. The predicted molar refractivity (Wildman–Crippen MR) is 158 cm³/mol. The Balaban J connectivity index is 1.69. The zero-order chi connectivity index (χ0) is 28.9. The van der Waals surface area contributed by atoms with Crippen LogP contribution < -0.4 is 5.32 Å². The summed E-state index contributed by atoms with van der Waals surface area (Å²) in [5.74, 6) is -2.59. The molecule has 5 unspecified atom stereocenters. The van der Waals surface area contributed by atoms with E-state index in [1.165, 1.54) is 7.11 Å². The Hall–Kier alpha value is -4.71. The van der Waals surface area contributed by atoms with Gasteiger partial charge < -0.3 is 15.0 Å². The highest BCUT2D eigenvalue weighted by Crippen LogP contribution is 2.51. The molecule has 5 rings (SSSR count). The van der Waals surface area contributed by atoms with Gasteiger partial charge in [0, 0.05) is 11.5 Å². The lowest BCUT2D eigenvalue weighted by Crippen LogP contribution is -2.49. The van der Waals surface area contributed by atoms with Crippen LogP contribution in [0.5, 0.6) is 0 Å². The molecule has 1 fully saturated rings. The molecule has 0 spiro atoms. The highest BCUT2D eigenvalue weighted by Gasteiger charge is 2.58. The van der Waals surface area contributed by atoms with Crippen molar-refractivity contribution in [1.82, 2.24) is 10.2 Å². The molecule has 4 aromatic rings. The Morgan fingerprint density at radius 3 is 1.85 bits per heavy atom. The van der Waals surface area contributed by atoms with Crippen LogP contribution in [0.3, 0.4) is 0 Å². The first-order valence-corrected chi connectivity index (χ1v) is 13.8. The van der Waals surface area contributed by atoms with Crippen molar-refractivity contribution in [3.8, 4) is 0 Å². The molecule has 0 radical (unpaired) electrons. The highest BCUT2D eigenvalue weighted by molar-refractivity contribution is 6.00. The summed E-state index contributed by atoms with van der Waals surface area (Å²) in [6.07, 6.45) is 0. The number of aryl methyl sites for hydroxylation is 1. The van der Waals surface area contributed by atoms with E-state index in [-0.39, 0.29) is 17.9 Å². The van der Waals surface area contributed by atoms with Gasteiger partial charge in [0.05, 0.1) is 25.1 Å². The molecule has 0 saturated carbocycles. The van der Waals surface area contributed by atoms with E-state index < -0.39 is 29.9 Å². The molecule has 41 heavy (non-hydrogen) atoms. The van der Waals surface area contributed by atoms with E-state index in [1.54, 1.807) is 17.0 Å². The number of likely N-dealkylation sites (tertiary alicyclic amines) is 1. The summed E-state index contributed by atoms with van der Waals surface area (Å²) in [5, 5.41) is 3.15. The summed E-state index contributed by atoms with van der Waals surface area (Å²) in [6, 6.07) is 33.8. The van der Waals surface area contributed by atoms with Crippen molar-refractivity contribution in [2.45, 2.75) is 37.9 Å². The summed E-state index contributed by atoms with van der Waals surface area (Å²) in [7, 11) is 1.35. The van der Waals surface area contributed by atoms with Crippen LogP contribution in [0.2, 0.25) is 0 Å². The number of carbonyl (C=O) groups is 3. The second-order valence-corrected chi connectivity index (χ2v) is 10.5. The van der Waals surface area contributed by atoms with Crippen molar-refractivity contribution in [2.75, 3.05) is 7.11 Å². The molecule has 1 heterocycles. The molecule has 1 saturated heterocycles. The third kappa shape index (κ3) is 5.64. The normalized spacial score (nSPS) is 20.7. The van der Waals surface area contributed by atoms with Crippen LogP contribution in [0.4, 0.5) is 0 Å². The maximum absolute atomic E-state index is 14.4. The molecule has 2 amide bonds. The molecule has 0 bridgehead atoms. The number of methoxy groups -OCH3 is 1. The average Bonchev–Trinajstić information content (AvgIpc) is 3.38. The van der Waals surface area contributed by atoms with Crippen molar-refractivity contribution in [3.05, 3.63) is 143 Å². The lowest BCUT2D eigenvalue weighted by atomic mass is 9.79. The van der Waals surface area contributed by atoms with E-state index in [0.717, 1.165) is 22.3 Å². The first-order valence-electron chi connectivity index (χ1n) is 13.8. The van der Waals surface area contributed by atoms with Crippen LogP contribution in [0, 0.1) is 12.8 Å². The summed E-state index contributed by atoms with van der Waals surface area (Å²) in [4.78, 5) is 44.1. The SMILES string of the molecule is COC(=O)C1C(c2ccccc2)C(C(=O)NC(C)c2ccccc2)N(C(=O)c2ccc(C)cc2)C1c1ccccc1. The van der Waals surface area contributed by atoms with Gasteiger partial charge in [-0.1, -0.05) is 109 Å². The number of carbonyl (C=O) groups excluding carboxylic acids is 3. The second-order valence-electron chi connectivity index (χ2n) is 10.5. The van der Waals surface area contributed by atoms with E-state index in [1.807, 2.05) is 117 Å². The average molecular weight is 547 g/mol. The molecule has 4 aromatic carbocycles. The van der Waals surface area contributed by atoms with Gasteiger partial charge in [-0.2, -0.15) is 0 Å². The molecular formula is C35H34N2O4.